The highest BCUT2D eigenvalue weighted by molar-refractivity contribution is 7.98. The number of hydrogen-bond donors (Lipinski definition) is 2. The van der Waals surface area contributed by atoms with E-state index >= 15 is 0 Å². The third kappa shape index (κ3) is 6.84. The lowest BCUT2D eigenvalue weighted by atomic mass is 10.3. The van der Waals surface area contributed by atoms with Gasteiger partial charge in [0.2, 0.25) is 5.09 Å². The Morgan fingerprint density at radius 1 is 1.43 bits per heavy atom. The third-order valence-corrected chi connectivity index (χ3v) is 4.90. The second-order valence-electron chi connectivity index (χ2n) is 4.69. The van der Waals surface area contributed by atoms with Crippen LogP contribution in [0.1, 0.15) is 19.1 Å². The monoisotopic (exact) mass is 336 g/mol. The molecule has 0 spiro atoms. The molecule has 8 heteroatoms. The van der Waals surface area contributed by atoms with Crippen LogP contribution in [0.4, 0.5) is 0 Å². The van der Waals surface area contributed by atoms with Crippen LogP contribution in [0.15, 0.2) is 21.6 Å². The highest BCUT2D eigenvalue weighted by Gasteiger charge is 2.21. The Balaban J connectivity index is 2.53. The number of rotatable bonds is 11. The summed E-state index contributed by atoms with van der Waals surface area (Å²) < 4.78 is 37.2. The molecule has 0 aliphatic carbocycles. The highest BCUT2D eigenvalue weighted by atomic mass is 32.2. The number of ether oxygens (including phenoxy) is 1. The van der Waals surface area contributed by atoms with E-state index in [1.54, 1.807) is 24.9 Å². The lowest BCUT2D eigenvalue weighted by Crippen LogP contribution is -2.32. The van der Waals surface area contributed by atoms with Crippen molar-refractivity contribution in [3.63, 3.8) is 0 Å². The maximum absolute atomic E-state index is 12.1. The van der Waals surface area contributed by atoms with E-state index in [2.05, 4.69) is 10.0 Å². The summed E-state index contributed by atoms with van der Waals surface area (Å²) in [6.07, 6.45) is 2.78. The molecule has 122 valence electrons. The quantitative estimate of drug-likeness (QED) is 0.595. The number of hydrogen-bond acceptors (Lipinski definition) is 6. The predicted octanol–water partition coefficient (Wildman–Crippen LogP) is 1.44. The molecule has 21 heavy (non-hydrogen) atoms. The van der Waals surface area contributed by atoms with E-state index in [4.69, 9.17) is 9.15 Å². The van der Waals surface area contributed by atoms with Crippen molar-refractivity contribution in [1.82, 2.24) is 10.0 Å². The highest BCUT2D eigenvalue weighted by Crippen LogP contribution is 2.15. The maximum Gasteiger partial charge on any atom is 0.274 e. The topological polar surface area (TPSA) is 80.6 Å². The number of nitrogens with one attached hydrogen (secondary N) is 2. The van der Waals surface area contributed by atoms with Gasteiger partial charge in [0.1, 0.15) is 5.76 Å². The number of thioether (sulfide) groups is 1. The van der Waals surface area contributed by atoms with Gasteiger partial charge in [-0.2, -0.15) is 11.8 Å². The van der Waals surface area contributed by atoms with Crippen molar-refractivity contribution < 1.29 is 17.6 Å². The van der Waals surface area contributed by atoms with Gasteiger partial charge in [-0.05, 0) is 37.5 Å². The first-order valence-corrected chi connectivity index (χ1v) is 9.67. The molecule has 0 aromatic carbocycles. The van der Waals surface area contributed by atoms with Gasteiger partial charge in [-0.1, -0.05) is 0 Å². The van der Waals surface area contributed by atoms with Crippen molar-refractivity contribution in [2.24, 2.45) is 0 Å². The number of sulfonamides is 1. The van der Waals surface area contributed by atoms with Gasteiger partial charge < -0.3 is 14.5 Å². The summed E-state index contributed by atoms with van der Waals surface area (Å²) in [6, 6.07) is 3.04. The van der Waals surface area contributed by atoms with Crippen molar-refractivity contribution in [3.8, 4) is 0 Å². The first kappa shape index (κ1) is 18.5. The van der Waals surface area contributed by atoms with Crippen molar-refractivity contribution >= 4 is 21.8 Å². The molecule has 0 radical (unpaired) electrons. The first-order chi connectivity index (χ1) is 9.99. The van der Waals surface area contributed by atoms with E-state index in [1.807, 2.05) is 13.2 Å². The minimum Gasteiger partial charge on any atom is -0.447 e. The van der Waals surface area contributed by atoms with E-state index in [0.29, 0.717) is 25.5 Å². The Bertz CT molecular complexity index is 502. The van der Waals surface area contributed by atoms with Crippen LogP contribution in [-0.4, -0.2) is 46.7 Å². The predicted molar refractivity (Wildman–Crippen MR) is 85.1 cm³/mol. The molecule has 1 aromatic rings. The summed E-state index contributed by atoms with van der Waals surface area (Å²) in [5, 5.41) is 3.06. The van der Waals surface area contributed by atoms with Crippen molar-refractivity contribution in [2.75, 3.05) is 32.3 Å². The molecule has 0 fully saturated rings. The first-order valence-electron chi connectivity index (χ1n) is 6.79. The van der Waals surface area contributed by atoms with Crippen LogP contribution < -0.4 is 10.0 Å². The normalized spacial score (nSPS) is 13.5. The summed E-state index contributed by atoms with van der Waals surface area (Å²) in [5.41, 5.74) is 0. The smallest absolute Gasteiger partial charge is 0.274 e. The van der Waals surface area contributed by atoms with Crippen molar-refractivity contribution in [2.45, 2.75) is 31.0 Å². The molecule has 0 saturated heterocycles. The molecular weight excluding hydrogens is 312 g/mol. The zero-order valence-corrected chi connectivity index (χ0v) is 14.4. The van der Waals surface area contributed by atoms with E-state index < -0.39 is 10.0 Å². The summed E-state index contributed by atoms with van der Waals surface area (Å²) in [5.74, 6) is 1.50. The fourth-order valence-electron chi connectivity index (χ4n) is 1.66. The Morgan fingerprint density at radius 3 is 2.86 bits per heavy atom. The average Bonchev–Trinajstić information content (AvgIpc) is 2.90. The van der Waals surface area contributed by atoms with Crippen molar-refractivity contribution in [1.29, 1.82) is 0 Å². The number of methoxy groups -OCH3 is 1. The molecule has 6 nitrogen and oxygen atoms in total. The van der Waals surface area contributed by atoms with E-state index in [9.17, 15) is 8.42 Å². The molecule has 0 aliphatic rings. The van der Waals surface area contributed by atoms with Crippen LogP contribution in [0, 0.1) is 0 Å². The summed E-state index contributed by atoms with van der Waals surface area (Å²) in [4.78, 5) is 0. The van der Waals surface area contributed by atoms with Gasteiger partial charge in [0.15, 0.2) is 0 Å². The van der Waals surface area contributed by atoms with Gasteiger partial charge in [-0.25, -0.2) is 13.1 Å². The van der Waals surface area contributed by atoms with Gasteiger partial charge in [-0.15, -0.1) is 0 Å². The summed E-state index contributed by atoms with van der Waals surface area (Å²) in [7, 11) is -1.95. The summed E-state index contributed by atoms with van der Waals surface area (Å²) >= 11 is 1.69. The fourth-order valence-corrected chi connectivity index (χ4v) is 3.48. The molecule has 1 atom stereocenters. The molecule has 2 N–H and O–H groups in total. The van der Waals surface area contributed by atoms with Crippen LogP contribution in [-0.2, 0) is 21.3 Å². The molecular formula is C13H24N2O4S2. The third-order valence-electron chi connectivity index (χ3n) is 2.80. The van der Waals surface area contributed by atoms with Crippen LogP contribution in [0.2, 0.25) is 0 Å². The standard InChI is InChI=1S/C13H24N2O4S2/c1-11(6-9-20-3)15-21(16,17)13-5-4-12(19-13)10-14-7-8-18-2/h4-5,11,14-15H,6-10H2,1-3H3. The Kier molecular flexibility index (Phi) is 8.35. The fraction of sp³-hybridized carbons (Fsp3) is 0.692. The van der Waals surface area contributed by atoms with Crippen LogP contribution in [0.5, 0.6) is 0 Å². The SMILES string of the molecule is COCCNCc1ccc(S(=O)(=O)NC(C)CCSC)o1. The Labute approximate surface area is 131 Å². The van der Waals surface area contributed by atoms with E-state index in [1.165, 1.54) is 6.07 Å². The van der Waals surface area contributed by atoms with Crippen LogP contribution in [0.25, 0.3) is 0 Å². The molecule has 1 aromatic heterocycles. The van der Waals surface area contributed by atoms with Crippen LogP contribution >= 0.6 is 11.8 Å². The maximum atomic E-state index is 12.1. The van der Waals surface area contributed by atoms with E-state index in [0.717, 1.165) is 12.2 Å². The van der Waals surface area contributed by atoms with Gasteiger partial charge in [0, 0.05) is 19.7 Å². The van der Waals surface area contributed by atoms with E-state index in [-0.39, 0.29) is 11.1 Å². The molecule has 1 rings (SSSR count). The molecule has 1 heterocycles. The lowest BCUT2D eigenvalue weighted by molar-refractivity contribution is 0.198. The largest absolute Gasteiger partial charge is 0.447 e. The molecule has 0 amide bonds. The average molecular weight is 336 g/mol. The second-order valence-corrected chi connectivity index (χ2v) is 7.32. The minimum absolute atomic E-state index is 0.0398. The van der Waals surface area contributed by atoms with Gasteiger partial charge in [0.25, 0.3) is 10.0 Å². The molecule has 0 bridgehead atoms. The number of furan rings is 1. The Morgan fingerprint density at radius 2 is 2.19 bits per heavy atom. The zero-order chi connectivity index (χ0) is 15.7. The van der Waals surface area contributed by atoms with Gasteiger partial charge >= 0.3 is 0 Å². The zero-order valence-electron chi connectivity index (χ0n) is 12.7. The molecule has 0 saturated carbocycles. The van der Waals surface area contributed by atoms with Gasteiger partial charge in [0.05, 0.1) is 13.2 Å². The minimum atomic E-state index is -3.58. The lowest BCUT2D eigenvalue weighted by Gasteiger charge is -2.11. The van der Waals surface area contributed by atoms with Crippen LogP contribution in [0.3, 0.4) is 0 Å². The molecule has 0 aliphatic heterocycles. The molecule has 1 unspecified atom stereocenters. The summed E-state index contributed by atoms with van der Waals surface area (Å²) in [6.45, 7) is 3.61. The second kappa shape index (κ2) is 9.47. The Hall–Kier alpha value is -0.540. The van der Waals surface area contributed by atoms with Crippen molar-refractivity contribution in [3.05, 3.63) is 17.9 Å². The van der Waals surface area contributed by atoms with Gasteiger partial charge in [-0.3, -0.25) is 0 Å².